The maximum absolute atomic E-state index is 12.4. The molecule has 0 saturated heterocycles. The van der Waals surface area contributed by atoms with E-state index in [4.69, 9.17) is 11.6 Å². The molecule has 5 heteroatoms. The van der Waals surface area contributed by atoms with Crippen LogP contribution in [0.1, 0.15) is 22.8 Å². The maximum atomic E-state index is 12.4. The lowest BCUT2D eigenvalue weighted by Crippen LogP contribution is -2.30. The first-order valence-electron chi connectivity index (χ1n) is 6.24. The molecule has 0 saturated carbocycles. The van der Waals surface area contributed by atoms with Gasteiger partial charge >= 0.3 is 0 Å². The van der Waals surface area contributed by atoms with Crippen LogP contribution in [-0.2, 0) is 6.54 Å². The molecule has 1 aromatic carbocycles. The summed E-state index contributed by atoms with van der Waals surface area (Å²) in [6, 6.07) is 9.31. The maximum Gasteiger partial charge on any atom is 0.255 e. The molecular formula is C15H14BrClN2O. The fourth-order valence-electron chi connectivity index (χ4n) is 1.89. The van der Waals surface area contributed by atoms with E-state index in [1.165, 1.54) is 0 Å². The first kappa shape index (κ1) is 15.0. The molecule has 0 aliphatic rings. The lowest BCUT2D eigenvalue weighted by molar-refractivity contribution is 0.0752. The van der Waals surface area contributed by atoms with Gasteiger partial charge in [-0.25, -0.2) is 0 Å². The van der Waals surface area contributed by atoms with Crippen LogP contribution in [0, 0.1) is 0 Å². The molecule has 0 N–H and O–H groups in total. The molecular weight excluding hydrogens is 340 g/mol. The molecule has 0 spiro atoms. The number of carbonyl (C=O) groups is 1. The van der Waals surface area contributed by atoms with Gasteiger partial charge in [0.1, 0.15) is 0 Å². The van der Waals surface area contributed by atoms with E-state index in [1.807, 2.05) is 31.2 Å². The highest BCUT2D eigenvalue weighted by molar-refractivity contribution is 9.10. The number of aromatic nitrogens is 1. The highest BCUT2D eigenvalue weighted by Crippen LogP contribution is 2.16. The van der Waals surface area contributed by atoms with Gasteiger partial charge in [0.15, 0.2) is 0 Å². The average Bonchev–Trinajstić information content (AvgIpc) is 2.44. The van der Waals surface area contributed by atoms with Crippen LogP contribution in [0.2, 0.25) is 5.02 Å². The summed E-state index contributed by atoms with van der Waals surface area (Å²) in [5, 5.41) is 0.676. The van der Waals surface area contributed by atoms with Gasteiger partial charge in [-0.05, 0) is 46.6 Å². The van der Waals surface area contributed by atoms with Crippen molar-refractivity contribution in [3.05, 3.63) is 63.3 Å². The van der Waals surface area contributed by atoms with E-state index in [-0.39, 0.29) is 5.91 Å². The minimum Gasteiger partial charge on any atom is -0.335 e. The molecule has 0 bridgehead atoms. The molecule has 2 rings (SSSR count). The molecule has 0 radical (unpaired) electrons. The highest BCUT2D eigenvalue weighted by atomic mass is 79.9. The molecule has 1 heterocycles. The Morgan fingerprint density at radius 3 is 2.80 bits per heavy atom. The summed E-state index contributed by atoms with van der Waals surface area (Å²) in [5.74, 6) is -0.0405. The minimum absolute atomic E-state index is 0.0405. The normalized spacial score (nSPS) is 10.3. The van der Waals surface area contributed by atoms with Crippen LogP contribution in [0.15, 0.2) is 47.2 Å². The minimum atomic E-state index is -0.0405. The van der Waals surface area contributed by atoms with Gasteiger partial charge in [0.25, 0.3) is 5.91 Å². The van der Waals surface area contributed by atoms with Crippen molar-refractivity contribution in [2.24, 2.45) is 0 Å². The Labute approximate surface area is 131 Å². The smallest absolute Gasteiger partial charge is 0.255 e. The largest absolute Gasteiger partial charge is 0.335 e. The number of halogens is 2. The van der Waals surface area contributed by atoms with Crippen LogP contribution in [0.5, 0.6) is 0 Å². The Balaban J connectivity index is 2.18. The van der Waals surface area contributed by atoms with Crippen LogP contribution in [-0.4, -0.2) is 22.3 Å². The molecule has 1 aromatic heterocycles. The van der Waals surface area contributed by atoms with E-state index in [9.17, 15) is 4.79 Å². The molecule has 1 amide bonds. The van der Waals surface area contributed by atoms with Crippen LogP contribution < -0.4 is 0 Å². The third-order valence-electron chi connectivity index (χ3n) is 2.88. The summed E-state index contributed by atoms with van der Waals surface area (Å²) in [5.41, 5.74) is 1.58. The van der Waals surface area contributed by atoms with E-state index in [2.05, 4.69) is 20.9 Å². The van der Waals surface area contributed by atoms with Crippen molar-refractivity contribution in [1.82, 2.24) is 9.88 Å². The molecule has 2 aromatic rings. The number of pyridine rings is 1. The second-order valence-electron chi connectivity index (χ2n) is 4.34. The van der Waals surface area contributed by atoms with Gasteiger partial charge in [-0.1, -0.05) is 23.7 Å². The zero-order valence-corrected chi connectivity index (χ0v) is 13.4. The first-order valence-corrected chi connectivity index (χ1v) is 7.41. The van der Waals surface area contributed by atoms with Gasteiger partial charge in [-0.2, -0.15) is 0 Å². The Hall–Kier alpha value is -1.39. The number of amides is 1. The van der Waals surface area contributed by atoms with Crippen molar-refractivity contribution >= 4 is 33.4 Å². The van der Waals surface area contributed by atoms with Crippen molar-refractivity contribution < 1.29 is 4.79 Å². The van der Waals surface area contributed by atoms with Crippen LogP contribution in [0.4, 0.5) is 0 Å². The van der Waals surface area contributed by atoms with Crippen LogP contribution >= 0.6 is 27.5 Å². The molecule has 3 nitrogen and oxygen atoms in total. The molecule has 0 atom stereocenters. The quantitative estimate of drug-likeness (QED) is 0.827. The van der Waals surface area contributed by atoms with E-state index in [0.29, 0.717) is 23.7 Å². The van der Waals surface area contributed by atoms with Gasteiger partial charge in [0, 0.05) is 35.0 Å². The van der Waals surface area contributed by atoms with E-state index in [1.54, 1.807) is 23.4 Å². The Bertz CT molecular complexity index is 618. The van der Waals surface area contributed by atoms with E-state index < -0.39 is 0 Å². The van der Waals surface area contributed by atoms with Crippen molar-refractivity contribution in [2.75, 3.05) is 6.54 Å². The Morgan fingerprint density at radius 1 is 1.35 bits per heavy atom. The summed E-state index contributed by atoms with van der Waals surface area (Å²) < 4.78 is 0.794. The first-order chi connectivity index (χ1) is 9.60. The Kier molecular flexibility index (Phi) is 5.15. The zero-order valence-electron chi connectivity index (χ0n) is 11.0. The Morgan fingerprint density at radius 2 is 2.15 bits per heavy atom. The third-order valence-corrected chi connectivity index (χ3v) is 3.55. The van der Waals surface area contributed by atoms with Crippen molar-refractivity contribution in [3.63, 3.8) is 0 Å². The average molecular weight is 354 g/mol. The van der Waals surface area contributed by atoms with Crippen molar-refractivity contribution in [1.29, 1.82) is 0 Å². The molecule has 0 aliphatic heterocycles. The topological polar surface area (TPSA) is 33.2 Å². The summed E-state index contributed by atoms with van der Waals surface area (Å²) in [6.45, 7) is 3.11. The second kappa shape index (κ2) is 6.86. The van der Waals surface area contributed by atoms with Gasteiger partial charge in [0.05, 0.1) is 5.56 Å². The standard InChI is InChI=1S/C15H14BrClN2O/c1-2-19(10-11-4-3-5-14(17)6-11)15(20)12-7-13(16)9-18-8-12/h3-9H,2,10H2,1H3. The second-order valence-corrected chi connectivity index (χ2v) is 5.69. The van der Waals surface area contributed by atoms with E-state index >= 15 is 0 Å². The zero-order chi connectivity index (χ0) is 14.5. The van der Waals surface area contributed by atoms with Gasteiger partial charge in [-0.3, -0.25) is 9.78 Å². The number of rotatable bonds is 4. The lowest BCUT2D eigenvalue weighted by Gasteiger charge is -2.21. The predicted molar refractivity (Wildman–Crippen MR) is 83.8 cm³/mol. The number of nitrogens with zero attached hydrogens (tertiary/aromatic N) is 2. The number of benzene rings is 1. The van der Waals surface area contributed by atoms with Crippen LogP contribution in [0.3, 0.4) is 0 Å². The van der Waals surface area contributed by atoms with E-state index in [0.717, 1.165) is 10.0 Å². The molecule has 0 unspecified atom stereocenters. The lowest BCUT2D eigenvalue weighted by atomic mass is 10.2. The number of hydrogen-bond acceptors (Lipinski definition) is 2. The highest BCUT2D eigenvalue weighted by Gasteiger charge is 2.15. The van der Waals surface area contributed by atoms with Crippen molar-refractivity contribution in [3.8, 4) is 0 Å². The van der Waals surface area contributed by atoms with Gasteiger partial charge in [0.2, 0.25) is 0 Å². The number of hydrogen-bond donors (Lipinski definition) is 0. The van der Waals surface area contributed by atoms with Crippen LogP contribution in [0.25, 0.3) is 0 Å². The van der Waals surface area contributed by atoms with Crippen molar-refractivity contribution in [2.45, 2.75) is 13.5 Å². The third kappa shape index (κ3) is 3.81. The summed E-state index contributed by atoms with van der Waals surface area (Å²) in [4.78, 5) is 18.2. The molecule has 0 fully saturated rings. The fourth-order valence-corrected chi connectivity index (χ4v) is 2.47. The summed E-state index contributed by atoms with van der Waals surface area (Å²) in [6.07, 6.45) is 3.23. The van der Waals surface area contributed by atoms with Gasteiger partial charge < -0.3 is 4.90 Å². The molecule has 20 heavy (non-hydrogen) atoms. The fraction of sp³-hybridized carbons (Fsp3) is 0.200. The predicted octanol–water partition coefficient (Wildman–Crippen LogP) is 4.16. The monoisotopic (exact) mass is 352 g/mol. The molecule has 0 aliphatic carbocycles. The SMILES string of the molecule is CCN(Cc1cccc(Cl)c1)C(=O)c1cncc(Br)c1. The summed E-state index contributed by atoms with van der Waals surface area (Å²) >= 11 is 9.30. The summed E-state index contributed by atoms with van der Waals surface area (Å²) in [7, 11) is 0. The number of carbonyl (C=O) groups excluding carboxylic acids is 1. The molecule has 104 valence electrons. The van der Waals surface area contributed by atoms with Gasteiger partial charge in [-0.15, -0.1) is 0 Å².